The summed E-state index contributed by atoms with van der Waals surface area (Å²) in [6.07, 6.45) is 7.43. The van der Waals surface area contributed by atoms with Crippen molar-refractivity contribution in [2.45, 2.75) is 13.8 Å². The van der Waals surface area contributed by atoms with Crippen LogP contribution < -0.4 is 5.73 Å². The van der Waals surface area contributed by atoms with Gasteiger partial charge in [-0.3, -0.25) is 4.99 Å². The molecule has 0 fully saturated rings. The predicted molar refractivity (Wildman–Crippen MR) is 96.8 cm³/mol. The molecule has 1 aliphatic rings. The van der Waals surface area contributed by atoms with Crippen LogP contribution in [0.2, 0.25) is 0 Å². The quantitative estimate of drug-likeness (QED) is 0.675. The van der Waals surface area contributed by atoms with Gasteiger partial charge >= 0.3 is 0 Å². The highest BCUT2D eigenvalue weighted by molar-refractivity contribution is 6.17. The first-order chi connectivity index (χ1) is 11.1. The zero-order valence-corrected chi connectivity index (χ0v) is 13.6. The van der Waals surface area contributed by atoms with Crippen molar-refractivity contribution in [3.8, 4) is 6.07 Å². The highest BCUT2D eigenvalue weighted by Crippen LogP contribution is 2.23. The average Bonchev–Trinajstić information content (AvgIpc) is 2.71. The highest BCUT2D eigenvalue weighted by atomic mass is 14.8. The Bertz CT molecular complexity index is 768. The molecule has 0 saturated carbocycles. The Morgan fingerprint density at radius 2 is 2.00 bits per heavy atom. The van der Waals surface area contributed by atoms with E-state index >= 15 is 0 Å². The summed E-state index contributed by atoms with van der Waals surface area (Å²) >= 11 is 0. The number of nitriles is 1. The van der Waals surface area contributed by atoms with Crippen LogP contribution in [0.15, 0.2) is 71.3 Å². The van der Waals surface area contributed by atoms with E-state index in [0.29, 0.717) is 6.54 Å². The summed E-state index contributed by atoms with van der Waals surface area (Å²) in [6.45, 7) is 8.42. The van der Waals surface area contributed by atoms with Gasteiger partial charge < -0.3 is 5.73 Å². The van der Waals surface area contributed by atoms with Crippen molar-refractivity contribution in [1.82, 2.24) is 0 Å². The molecule has 3 nitrogen and oxygen atoms in total. The topological polar surface area (TPSA) is 62.2 Å². The van der Waals surface area contributed by atoms with Gasteiger partial charge in [-0.1, -0.05) is 56.8 Å². The summed E-state index contributed by atoms with van der Waals surface area (Å²) in [7, 11) is 0. The molecule has 1 heterocycles. The Kier molecular flexibility index (Phi) is 5.32. The molecule has 0 aliphatic carbocycles. The molecule has 23 heavy (non-hydrogen) atoms. The number of rotatable bonds is 4. The van der Waals surface area contributed by atoms with Crippen LogP contribution in [0.4, 0.5) is 0 Å². The molecule has 0 spiro atoms. The standard InChI is InChI=1S/C20H21N3/c1-4-15(9-10-16(13-21)14(2)3)20-18-8-6-5-7-17(18)19(22)11-12-23-20/h4-11,14H,1,12,22H2,2-3H3/b15-9+,16-10-. The van der Waals surface area contributed by atoms with Crippen molar-refractivity contribution >= 4 is 11.4 Å². The predicted octanol–water partition coefficient (Wildman–Crippen LogP) is 4.01. The highest BCUT2D eigenvalue weighted by Gasteiger charge is 2.15. The second kappa shape index (κ2) is 7.42. The molecule has 116 valence electrons. The Balaban J connectivity index is 2.52. The number of aliphatic imine (C=N–C) groups is 1. The minimum atomic E-state index is 0.183. The normalized spacial score (nSPS) is 15.2. The van der Waals surface area contributed by atoms with Gasteiger partial charge in [0.1, 0.15) is 0 Å². The molecule has 3 heteroatoms. The lowest BCUT2D eigenvalue weighted by Crippen LogP contribution is -2.08. The molecule has 0 amide bonds. The third kappa shape index (κ3) is 3.67. The molecule has 0 radical (unpaired) electrons. The van der Waals surface area contributed by atoms with E-state index in [1.165, 1.54) is 0 Å². The van der Waals surface area contributed by atoms with Crippen molar-refractivity contribution < 1.29 is 0 Å². The number of hydrogen-bond donors (Lipinski definition) is 1. The van der Waals surface area contributed by atoms with Gasteiger partial charge in [-0.2, -0.15) is 5.26 Å². The lowest BCUT2D eigenvalue weighted by Gasteiger charge is -2.11. The van der Waals surface area contributed by atoms with Gasteiger partial charge in [0.2, 0.25) is 0 Å². The number of benzene rings is 1. The molecule has 0 atom stereocenters. The van der Waals surface area contributed by atoms with Crippen LogP contribution in [-0.2, 0) is 0 Å². The minimum Gasteiger partial charge on any atom is -0.398 e. The zero-order chi connectivity index (χ0) is 16.8. The fourth-order valence-electron chi connectivity index (χ4n) is 2.40. The Morgan fingerprint density at radius 1 is 1.30 bits per heavy atom. The van der Waals surface area contributed by atoms with Crippen LogP contribution in [0.5, 0.6) is 0 Å². The number of hydrogen-bond acceptors (Lipinski definition) is 3. The molecular formula is C20H21N3. The van der Waals surface area contributed by atoms with Gasteiger partial charge in [-0.25, -0.2) is 0 Å². The maximum atomic E-state index is 9.20. The molecule has 1 aromatic carbocycles. The summed E-state index contributed by atoms with van der Waals surface area (Å²) in [4.78, 5) is 4.64. The van der Waals surface area contributed by atoms with Gasteiger partial charge in [0.15, 0.2) is 0 Å². The van der Waals surface area contributed by atoms with Crippen LogP contribution in [0.3, 0.4) is 0 Å². The summed E-state index contributed by atoms with van der Waals surface area (Å²) < 4.78 is 0. The molecule has 0 bridgehead atoms. The number of allylic oxidation sites excluding steroid dienone is 5. The van der Waals surface area contributed by atoms with Crippen LogP contribution >= 0.6 is 0 Å². The molecule has 2 rings (SSSR count). The van der Waals surface area contributed by atoms with E-state index in [1.807, 2.05) is 56.3 Å². The van der Waals surface area contributed by atoms with Gasteiger partial charge in [-0.15, -0.1) is 0 Å². The summed E-state index contributed by atoms with van der Waals surface area (Å²) in [5.41, 5.74) is 11.3. The van der Waals surface area contributed by atoms with Crippen LogP contribution in [-0.4, -0.2) is 12.3 Å². The first-order valence-corrected chi connectivity index (χ1v) is 7.63. The van der Waals surface area contributed by atoms with Crippen molar-refractivity contribution in [2.75, 3.05) is 6.54 Å². The van der Waals surface area contributed by atoms with E-state index in [4.69, 9.17) is 5.73 Å². The second-order valence-electron chi connectivity index (χ2n) is 5.61. The monoisotopic (exact) mass is 303 g/mol. The van der Waals surface area contributed by atoms with E-state index in [-0.39, 0.29) is 5.92 Å². The number of fused-ring (bicyclic) bond motifs is 1. The van der Waals surface area contributed by atoms with Crippen molar-refractivity contribution in [3.63, 3.8) is 0 Å². The fourth-order valence-corrected chi connectivity index (χ4v) is 2.40. The lowest BCUT2D eigenvalue weighted by molar-refractivity contribution is 0.795. The van der Waals surface area contributed by atoms with Crippen LogP contribution in [0.25, 0.3) is 5.70 Å². The average molecular weight is 303 g/mol. The van der Waals surface area contributed by atoms with Crippen LogP contribution in [0, 0.1) is 17.2 Å². The third-order valence-corrected chi connectivity index (χ3v) is 3.74. The molecular weight excluding hydrogens is 282 g/mol. The van der Waals surface area contributed by atoms with Crippen molar-refractivity contribution in [3.05, 3.63) is 77.4 Å². The van der Waals surface area contributed by atoms with Crippen LogP contribution in [0.1, 0.15) is 25.0 Å². The Hall–Kier alpha value is -2.86. The molecule has 0 unspecified atom stereocenters. The Morgan fingerprint density at radius 3 is 2.61 bits per heavy atom. The summed E-state index contributed by atoms with van der Waals surface area (Å²) in [5, 5.41) is 9.20. The van der Waals surface area contributed by atoms with Crippen molar-refractivity contribution in [1.29, 1.82) is 5.26 Å². The minimum absolute atomic E-state index is 0.183. The SMILES string of the molecule is C=C/C(=C\C=C(\C#N)C(C)C)C1=NCC=C(N)c2ccccc21. The lowest BCUT2D eigenvalue weighted by atomic mass is 9.95. The summed E-state index contributed by atoms with van der Waals surface area (Å²) in [5.74, 6) is 0.183. The van der Waals surface area contributed by atoms with E-state index in [1.54, 1.807) is 6.08 Å². The van der Waals surface area contributed by atoms with Gasteiger partial charge in [-0.05, 0) is 23.6 Å². The Labute approximate surface area is 137 Å². The molecule has 1 aromatic rings. The molecule has 1 aliphatic heterocycles. The van der Waals surface area contributed by atoms with E-state index in [9.17, 15) is 5.26 Å². The van der Waals surface area contributed by atoms with E-state index in [2.05, 4.69) is 17.6 Å². The molecule has 0 saturated heterocycles. The maximum absolute atomic E-state index is 9.20. The number of nitrogens with zero attached hydrogens (tertiary/aromatic N) is 2. The maximum Gasteiger partial charge on any atom is 0.0949 e. The first-order valence-electron chi connectivity index (χ1n) is 7.63. The molecule has 2 N–H and O–H groups in total. The summed E-state index contributed by atoms with van der Waals surface area (Å²) in [6, 6.07) is 10.2. The van der Waals surface area contributed by atoms with Gasteiger partial charge in [0.25, 0.3) is 0 Å². The fraction of sp³-hybridized carbons (Fsp3) is 0.200. The number of nitrogens with two attached hydrogens (primary N) is 1. The molecule has 0 aromatic heterocycles. The first kappa shape index (κ1) is 16.5. The van der Waals surface area contributed by atoms with E-state index < -0.39 is 0 Å². The van der Waals surface area contributed by atoms with Gasteiger partial charge in [0.05, 0.1) is 18.3 Å². The largest absolute Gasteiger partial charge is 0.398 e. The van der Waals surface area contributed by atoms with Gasteiger partial charge in [0, 0.05) is 22.4 Å². The second-order valence-corrected chi connectivity index (χ2v) is 5.61. The van der Waals surface area contributed by atoms with Crippen molar-refractivity contribution in [2.24, 2.45) is 16.6 Å². The zero-order valence-electron chi connectivity index (χ0n) is 13.6. The smallest absolute Gasteiger partial charge is 0.0949 e. The third-order valence-electron chi connectivity index (χ3n) is 3.74. The van der Waals surface area contributed by atoms with E-state index in [0.717, 1.165) is 33.7 Å².